The lowest BCUT2D eigenvalue weighted by atomic mass is 9.88. The average molecular weight is 254 g/mol. The Kier molecular flexibility index (Phi) is 5.45. The minimum Gasteiger partial charge on any atom is -0.376 e. The second-order valence-electron chi connectivity index (χ2n) is 5.61. The van der Waals surface area contributed by atoms with Crippen molar-refractivity contribution in [1.82, 2.24) is 10.6 Å². The first-order valence-electron chi connectivity index (χ1n) is 7.40. The highest BCUT2D eigenvalue weighted by Gasteiger charge is 2.23. The van der Waals surface area contributed by atoms with Gasteiger partial charge >= 0.3 is 0 Å². The van der Waals surface area contributed by atoms with Crippen LogP contribution in [0.25, 0.3) is 0 Å². The van der Waals surface area contributed by atoms with Crippen molar-refractivity contribution in [2.75, 3.05) is 19.7 Å². The summed E-state index contributed by atoms with van der Waals surface area (Å²) in [7, 11) is 0. The highest BCUT2D eigenvalue weighted by Crippen LogP contribution is 2.25. The maximum absolute atomic E-state index is 11.7. The van der Waals surface area contributed by atoms with Gasteiger partial charge in [-0.3, -0.25) is 4.79 Å². The van der Waals surface area contributed by atoms with E-state index in [4.69, 9.17) is 4.74 Å². The van der Waals surface area contributed by atoms with E-state index in [9.17, 15) is 4.79 Å². The van der Waals surface area contributed by atoms with Gasteiger partial charge in [-0.15, -0.1) is 0 Å². The van der Waals surface area contributed by atoms with Crippen LogP contribution in [0, 0.1) is 5.92 Å². The molecule has 3 atom stereocenters. The molecule has 1 heterocycles. The van der Waals surface area contributed by atoms with Crippen molar-refractivity contribution in [2.45, 2.75) is 57.6 Å². The van der Waals surface area contributed by atoms with E-state index in [2.05, 4.69) is 17.6 Å². The van der Waals surface area contributed by atoms with E-state index in [0.29, 0.717) is 25.2 Å². The highest BCUT2D eigenvalue weighted by molar-refractivity contribution is 5.81. The molecule has 0 aromatic rings. The third-order valence-corrected chi connectivity index (χ3v) is 4.14. The Labute approximate surface area is 110 Å². The third kappa shape index (κ3) is 3.95. The zero-order valence-electron chi connectivity index (χ0n) is 11.4. The number of rotatable bonds is 5. The van der Waals surface area contributed by atoms with Crippen LogP contribution in [-0.2, 0) is 9.53 Å². The number of hydrogen-bond donors (Lipinski definition) is 2. The summed E-state index contributed by atoms with van der Waals surface area (Å²) < 4.78 is 5.87. The second-order valence-corrected chi connectivity index (χ2v) is 5.61. The van der Waals surface area contributed by atoms with Crippen molar-refractivity contribution in [1.29, 1.82) is 0 Å². The minimum absolute atomic E-state index is 0.0265. The molecule has 2 N–H and O–H groups in total. The fourth-order valence-corrected chi connectivity index (χ4v) is 2.95. The summed E-state index contributed by atoms with van der Waals surface area (Å²) in [6.07, 6.45) is 7.56. The Hall–Kier alpha value is -0.610. The number of carbonyl (C=O) groups is 1. The molecule has 0 radical (unpaired) electrons. The van der Waals surface area contributed by atoms with Gasteiger partial charge in [0.05, 0.1) is 18.8 Å². The summed E-state index contributed by atoms with van der Waals surface area (Å²) in [5.41, 5.74) is 0. The van der Waals surface area contributed by atoms with E-state index in [1.165, 1.54) is 25.7 Å². The summed E-state index contributed by atoms with van der Waals surface area (Å²) in [5.74, 6) is 0.804. The van der Waals surface area contributed by atoms with Crippen LogP contribution in [0.2, 0.25) is 0 Å². The molecule has 3 unspecified atom stereocenters. The number of carbonyl (C=O) groups excluding carboxylic acids is 1. The maximum Gasteiger partial charge on any atom is 0.237 e. The van der Waals surface area contributed by atoms with Gasteiger partial charge in [-0.1, -0.05) is 19.8 Å². The van der Waals surface area contributed by atoms with Gasteiger partial charge in [0, 0.05) is 6.54 Å². The number of ether oxygens (including phenoxy) is 1. The molecule has 4 nitrogen and oxygen atoms in total. The third-order valence-electron chi connectivity index (χ3n) is 4.14. The zero-order chi connectivity index (χ0) is 12.8. The molecular weight excluding hydrogens is 228 g/mol. The van der Waals surface area contributed by atoms with E-state index in [1.807, 2.05) is 0 Å². The molecule has 18 heavy (non-hydrogen) atoms. The van der Waals surface area contributed by atoms with Gasteiger partial charge in [0.15, 0.2) is 0 Å². The SMILES string of the molecule is CC1CCCCC1OCCNC(=O)C1CCCN1. The summed E-state index contributed by atoms with van der Waals surface area (Å²) in [5, 5.41) is 6.15. The van der Waals surface area contributed by atoms with Crippen LogP contribution in [-0.4, -0.2) is 37.7 Å². The lowest BCUT2D eigenvalue weighted by Gasteiger charge is -2.28. The highest BCUT2D eigenvalue weighted by atomic mass is 16.5. The zero-order valence-corrected chi connectivity index (χ0v) is 11.4. The smallest absolute Gasteiger partial charge is 0.237 e. The van der Waals surface area contributed by atoms with Crippen molar-refractivity contribution >= 4 is 5.91 Å². The van der Waals surface area contributed by atoms with Gasteiger partial charge in [-0.25, -0.2) is 0 Å². The van der Waals surface area contributed by atoms with Crippen LogP contribution in [0.4, 0.5) is 0 Å². The molecule has 1 saturated carbocycles. The van der Waals surface area contributed by atoms with Gasteiger partial charge in [0.1, 0.15) is 0 Å². The summed E-state index contributed by atoms with van der Waals surface area (Å²) in [6.45, 7) is 4.52. The van der Waals surface area contributed by atoms with Gasteiger partial charge in [0.2, 0.25) is 5.91 Å². The van der Waals surface area contributed by atoms with Crippen molar-refractivity contribution in [3.63, 3.8) is 0 Å². The molecule has 0 bridgehead atoms. The molecule has 0 aromatic carbocycles. The Morgan fingerprint density at radius 1 is 1.28 bits per heavy atom. The topological polar surface area (TPSA) is 50.4 Å². The summed E-state index contributed by atoms with van der Waals surface area (Å²) >= 11 is 0. The van der Waals surface area contributed by atoms with E-state index < -0.39 is 0 Å². The van der Waals surface area contributed by atoms with Gasteiger partial charge in [-0.05, 0) is 38.1 Å². The van der Waals surface area contributed by atoms with E-state index in [-0.39, 0.29) is 11.9 Å². The molecule has 2 fully saturated rings. The van der Waals surface area contributed by atoms with Crippen molar-refractivity contribution in [3.05, 3.63) is 0 Å². The Bertz CT molecular complexity index is 265. The molecule has 1 aliphatic heterocycles. The molecule has 1 aliphatic carbocycles. The lowest BCUT2D eigenvalue weighted by Crippen LogP contribution is -2.42. The van der Waals surface area contributed by atoms with Crippen LogP contribution >= 0.6 is 0 Å². The first kappa shape index (κ1) is 13.8. The normalized spacial score (nSPS) is 32.4. The Balaban J connectivity index is 1.56. The molecule has 4 heteroatoms. The molecule has 104 valence electrons. The predicted molar refractivity (Wildman–Crippen MR) is 71.4 cm³/mol. The number of nitrogens with one attached hydrogen (secondary N) is 2. The van der Waals surface area contributed by atoms with Crippen LogP contribution in [0.5, 0.6) is 0 Å². The summed E-state index contributed by atoms with van der Waals surface area (Å²) in [4.78, 5) is 11.7. The monoisotopic (exact) mass is 254 g/mol. The lowest BCUT2D eigenvalue weighted by molar-refractivity contribution is -0.123. The van der Waals surface area contributed by atoms with Crippen molar-refractivity contribution in [2.24, 2.45) is 5.92 Å². The largest absolute Gasteiger partial charge is 0.376 e. The second kappa shape index (κ2) is 7.10. The molecule has 1 amide bonds. The standard InChI is InChI=1S/C14H26N2O2/c1-11-5-2-3-7-13(11)18-10-9-16-14(17)12-6-4-8-15-12/h11-13,15H,2-10H2,1H3,(H,16,17). The molecule has 0 spiro atoms. The van der Waals surface area contributed by atoms with Crippen LogP contribution in [0.15, 0.2) is 0 Å². The first-order chi connectivity index (χ1) is 8.77. The Morgan fingerprint density at radius 3 is 2.83 bits per heavy atom. The average Bonchev–Trinajstić information content (AvgIpc) is 2.90. The van der Waals surface area contributed by atoms with Crippen LogP contribution in [0.1, 0.15) is 45.4 Å². The van der Waals surface area contributed by atoms with Crippen molar-refractivity contribution in [3.8, 4) is 0 Å². The van der Waals surface area contributed by atoms with Gasteiger partial charge < -0.3 is 15.4 Å². The van der Waals surface area contributed by atoms with Gasteiger partial charge in [0.25, 0.3) is 0 Å². The summed E-state index contributed by atoms with van der Waals surface area (Å²) in [6, 6.07) is 0.0265. The first-order valence-corrected chi connectivity index (χ1v) is 7.40. The van der Waals surface area contributed by atoms with E-state index >= 15 is 0 Å². The molecular formula is C14H26N2O2. The molecule has 2 rings (SSSR count). The molecule has 0 aromatic heterocycles. The quantitative estimate of drug-likeness (QED) is 0.730. The van der Waals surface area contributed by atoms with E-state index in [0.717, 1.165) is 19.4 Å². The maximum atomic E-state index is 11.7. The number of hydrogen-bond acceptors (Lipinski definition) is 3. The number of amides is 1. The molecule has 1 saturated heterocycles. The van der Waals surface area contributed by atoms with Gasteiger partial charge in [-0.2, -0.15) is 0 Å². The van der Waals surface area contributed by atoms with Crippen LogP contribution in [0.3, 0.4) is 0 Å². The fourth-order valence-electron chi connectivity index (χ4n) is 2.95. The Morgan fingerprint density at radius 2 is 2.11 bits per heavy atom. The fraction of sp³-hybridized carbons (Fsp3) is 0.929. The predicted octanol–water partition coefficient (Wildman–Crippen LogP) is 1.45. The molecule has 2 aliphatic rings. The minimum atomic E-state index is 0.0265. The van der Waals surface area contributed by atoms with Crippen molar-refractivity contribution < 1.29 is 9.53 Å². The van der Waals surface area contributed by atoms with Crippen LogP contribution < -0.4 is 10.6 Å². The van der Waals surface area contributed by atoms with E-state index in [1.54, 1.807) is 0 Å².